The molecule has 0 spiro atoms. The van der Waals surface area contributed by atoms with Gasteiger partial charge in [0.25, 0.3) is 0 Å². The Balaban J connectivity index is 1.50. The quantitative estimate of drug-likeness (QED) is 0.389. The zero-order valence-corrected chi connectivity index (χ0v) is 20.1. The maximum absolute atomic E-state index is 15.7. The molecule has 174 valence electrons. The van der Waals surface area contributed by atoms with Gasteiger partial charge in [-0.1, -0.05) is 17.4 Å². The highest BCUT2D eigenvalue weighted by Crippen LogP contribution is 2.42. The van der Waals surface area contributed by atoms with Crippen molar-refractivity contribution in [1.82, 2.24) is 19.3 Å². The van der Waals surface area contributed by atoms with Crippen molar-refractivity contribution < 1.29 is 13.9 Å². The summed E-state index contributed by atoms with van der Waals surface area (Å²) in [5, 5.41) is 0.941. The van der Waals surface area contributed by atoms with E-state index in [9.17, 15) is 0 Å². The van der Waals surface area contributed by atoms with E-state index in [0.717, 1.165) is 36.2 Å². The molecule has 8 nitrogen and oxygen atoms in total. The number of benzene rings is 1. The molecule has 2 fully saturated rings. The number of rotatable bonds is 6. The smallest absolute Gasteiger partial charge is 0.222 e. The van der Waals surface area contributed by atoms with E-state index in [1.54, 1.807) is 24.4 Å². The maximum Gasteiger partial charge on any atom is 0.222 e. The molecule has 33 heavy (non-hydrogen) atoms. The molecule has 2 aliphatic rings. The van der Waals surface area contributed by atoms with E-state index < -0.39 is 0 Å². The van der Waals surface area contributed by atoms with E-state index in [-0.39, 0.29) is 11.1 Å². The Labute approximate surface area is 204 Å². The SMILES string of the molecule is Fc1c(NSN2CCOCC2)cccc1-c1nc(N2CCOCC2)sc1-c1ccnc(Cl)n1. The molecule has 0 radical (unpaired) electrons. The molecule has 0 bridgehead atoms. The molecule has 0 amide bonds. The Bertz CT molecular complexity index is 1110. The van der Waals surface area contributed by atoms with Crippen LogP contribution in [0, 0.1) is 5.82 Å². The average Bonchev–Trinajstić information content (AvgIpc) is 3.30. The van der Waals surface area contributed by atoms with Gasteiger partial charge in [0, 0.05) is 50.1 Å². The van der Waals surface area contributed by atoms with Gasteiger partial charge in [0.15, 0.2) is 10.9 Å². The lowest BCUT2D eigenvalue weighted by Crippen LogP contribution is -2.36. The topological polar surface area (TPSA) is 75.6 Å². The predicted octanol–water partition coefficient (Wildman–Crippen LogP) is 4.20. The molecule has 2 saturated heterocycles. The molecule has 3 aromatic rings. The molecule has 2 aliphatic heterocycles. The molecule has 1 N–H and O–H groups in total. The van der Waals surface area contributed by atoms with Crippen LogP contribution >= 0.6 is 35.1 Å². The minimum atomic E-state index is -0.363. The number of ether oxygens (including phenoxy) is 2. The van der Waals surface area contributed by atoms with Gasteiger partial charge in [-0.3, -0.25) is 0 Å². The molecule has 2 aromatic heterocycles. The lowest BCUT2D eigenvalue weighted by atomic mass is 10.1. The second kappa shape index (κ2) is 10.5. The van der Waals surface area contributed by atoms with Gasteiger partial charge in [0.1, 0.15) is 0 Å². The molecule has 5 rings (SSSR count). The van der Waals surface area contributed by atoms with Crippen LogP contribution in [0.15, 0.2) is 30.5 Å². The van der Waals surface area contributed by atoms with Gasteiger partial charge < -0.3 is 19.1 Å². The van der Waals surface area contributed by atoms with E-state index in [4.69, 9.17) is 26.1 Å². The van der Waals surface area contributed by atoms with Crippen LogP contribution in [0.3, 0.4) is 0 Å². The number of hydrogen-bond acceptors (Lipinski definition) is 10. The molecule has 0 unspecified atom stereocenters. The fourth-order valence-corrected chi connectivity index (χ4v) is 5.53. The summed E-state index contributed by atoms with van der Waals surface area (Å²) in [6.45, 7) is 5.65. The highest BCUT2D eigenvalue weighted by Gasteiger charge is 2.24. The summed E-state index contributed by atoms with van der Waals surface area (Å²) >= 11 is 8.91. The minimum absolute atomic E-state index is 0.137. The van der Waals surface area contributed by atoms with Gasteiger partial charge in [-0.25, -0.2) is 23.6 Å². The zero-order chi connectivity index (χ0) is 22.6. The van der Waals surface area contributed by atoms with E-state index >= 15 is 4.39 Å². The first-order valence-electron chi connectivity index (χ1n) is 10.6. The molecule has 0 saturated carbocycles. The summed E-state index contributed by atoms with van der Waals surface area (Å²) < 4.78 is 31.8. The van der Waals surface area contributed by atoms with Crippen molar-refractivity contribution in [2.45, 2.75) is 0 Å². The van der Waals surface area contributed by atoms with Gasteiger partial charge in [-0.05, 0) is 29.8 Å². The molecule has 1 aromatic carbocycles. The van der Waals surface area contributed by atoms with E-state index in [1.807, 2.05) is 6.07 Å². The fraction of sp³-hybridized carbons (Fsp3) is 0.381. The number of hydrogen-bond donors (Lipinski definition) is 1. The monoisotopic (exact) mass is 508 g/mol. The summed E-state index contributed by atoms with van der Waals surface area (Å²) in [5.74, 6) is -0.363. The molecular weight excluding hydrogens is 487 g/mol. The fourth-order valence-electron chi connectivity index (χ4n) is 3.56. The zero-order valence-electron chi connectivity index (χ0n) is 17.7. The Morgan fingerprint density at radius 2 is 1.79 bits per heavy atom. The number of thiazole rings is 1. The van der Waals surface area contributed by atoms with Gasteiger partial charge in [-0.2, -0.15) is 0 Å². The Hall–Kier alpha value is -2.02. The number of aromatic nitrogens is 3. The van der Waals surface area contributed by atoms with Gasteiger partial charge >= 0.3 is 0 Å². The molecule has 0 atom stereocenters. The van der Waals surface area contributed by atoms with Gasteiger partial charge in [0.2, 0.25) is 5.28 Å². The van der Waals surface area contributed by atoms with Crippen LogP contribution in [-0.2, 0) is 9.47 Å². The number of morpholine rings is 2. The van der Waals surface area contributed by atoms with Crippen molar-refractivity contribution in [3.63, 3.8) is 0 Å². The predicted molar refractivity (Wildman–Crippen MR) is 130 cm³/mol. The normalized spacial score (nSPS) is 17.3. The summed E-state index contributed by atoms with van der Waals surface area (Å²) in [4.78, 5) is 16.1. The van der Waals surface area contributed by atoms with Crippen LogP contribution in [-0.4, -0.2) is 71.9 Å². The number of nitrogens with zero attached hydrogens (tertiary/aromatic N) is 5. The first kappa shape index (κ1) is 22.8. The largest absolute Gasteiger partial charge is 0.379 e. The second-order valence-electron chi connectivity index (χ2n) is 7.39. The third kappa shape index (κ3) is 5.23. The first-order chi connectivity index (χ1) is 16.2. The third-order valence-electron chi connectivity index (χ3n) is 5.26. The Kier molecular flexibility index (Phi) is 7.24. The highest BCUT2D eigenvalue weighted by molar-refractivity contribution is 7.98. The maximum atomic E-state index is 15.7. The van der Waals surface area contributed by atoms with Crippen LogP contribution in [0.5, 0.6) is 0 Å². The molecule has 4 heterocycles. The van der Waals surface area contributed by atoms with E-state index in [0.29, 0.717) is 49.1 Å². The first-order valence-corrected chi connectivity index (χ1v) is 12.5. The van der Waals surface area contributed by atoms with Crippen molar-refractivity contribution in [3.05, 3.63) is 41.6 Å². The summed E-state index contributed by atoms with van der Waals surface area (Å²) in [6, 6.07) is 7.05. The van der Waals surface area contributed by atoms with Crippen LogP contribution in [0.25, 0.3) is 21.8 Å². The average molecular weight is 509 g/mol. The second-order valence-corrected chi connectivity index (χ2v) is 9.61. The van der Waals surface area contributed by atoms with E-state index in [1.165, 1.54) is 23.5 Å². The van der Waals surface area contributed by atoms with Crippen molar-refractivity contribution in [2.24, 2.45) is 0 Å². The molecule has 0 aliphatic carbocycles. The lowest BCUT2D eigenvalue weighted by Gasteiger charge is -2.26. The van der Waals surface area contributed by atoms with Crippen LogP contribution < -0.4 is 9.62 Å². The lowest BCUT2D eigenvalue weighted by molar-refractivity contribution is 0.0775. The summed E-state index contributed by atoms with van der Waals surface area (Å²) in [6.07, 6.45) is 1.59. The van der Waals surface area contributed by atoms with Crippen LogP contribution in [0.2, 0.25) is 5.28 Å². The standard InChI is InChI=1S/C21H22ClFN6O2S2/c22-20-24-5-4-16(25-20)19-18(26-21(32-19)28-6-10-30-11-7-28)14-2-1-3-15(17(14)23)27-33-29-8-12-31-13-9-29/h1-5,27H,6-13H2. The molecular formula is C21H22ClFN6O2S2. The van der Waals surface area contributed by atoms with Gasteiger partial charge in [0.05, 0.1) is 48.4 Å². The summed E-state index contributed by atoms with van der Waals surface area (Å²) in [5.41, 5.74) is 1.95. The van der Waals surface area contributed by atoms with Crippen molar-refractivity contribution in [3.8, 4) is 21.8 Å². The Morgan fingerprint density at radius 1 is 1.03 bits per heavy atom. The van der Waals surface area contributed by atoms with Crippen molar-refractivity contribution in [2.75, 3.05) is 62.2 Å². The van der Waals surface area contributed by atoms with Gasteiger partial charge in [-0.15, -0.1) is 0 Å². The van der Waals surface area contributed by atoms with Crippen LogP contribution in [0.1, 0.15) is 0 Å². The minimum Gasteiger partial charge on any atom is -0.379 e. The summed E-state index contributed by atoms with van der Waals surface area (Å²) in [7, 11) is 0. The van der Waals surface area contributed by atoms with Crippen LogP contribution in [0.4, 0.5) is 15.2 Å². The van der Waals surface area contributed by atoms with Crippen molar-refractivity contribution >= 4 is 45.9 Å². The highest BCUT2D eigenvalue weighted by atomic mass is 35.5. The molecule has 12 heteroatoms. The third-order valence-corrected chi connectivity index (χ3v) is 7.52. The van der Waals surface area contributed by atoms with Crippen molar-refractivity contribution in [1.29, 1.82) is 0 Å². The number of anilines is 2. The number of nitrogens with one attached hydrogen (secondary N) is 1. The van der Waals surface area contributed by atoms with E-state index in [2.05, 4.69) is 23.9 Å². The number of halogens is 2. The Morgan fingerprint density at radius 3 is 2.55 bits per heavy atom.